The Morgan fingerprint density at radius 1 is 1.21 bits per heavy atom. The molecule has 1 fully saturated rings. The normalized spacial score (nSPS) is 17.4. The molecule has 1 aromatic carbocycles. The van der Waals surface area contributed by atoms with E-state index in [0.29, 0.717) is 30.1 Å². The third-order valence-corrected chi connectivity index (χ3v) is 8.11. The highest BCUT2D eigenvalue weighted by atomic mass is 32.2. The maximum Gasteiger partial charge on any atom is 0.250 e. The maximum atomic E-state index is 12.7. The summed E-state index contributed by atoms with van der Waals surface area (Å²) in [6, 6.07) is 8.98. The van der Waals surface area contributed by atoms with Crippen LogP contribution in [-0.2, 0) is 14.8 Å². The molecule has 2 heterocycles. The van der Waals surface area contributed by atoms with E-state index in [1.54, 1.807) is 17.5 Å². The Morgan fingerprint density at radius 3 is 2.57 bits per heavy atom. The average molecular weight is 422 g/mol. The summed E-state index contributed by atoms with van der Waals surface area (Å²) in [5.41, 5.74) is 2.98. The molecule has 1 unspecified atom stereocenters. The Hall–Kier alpha value is -1.74. The number of hydrogen-bond acceptors (Lipinski definition) is 5. The molecular formula is C20H27N3O3S2. The first-order valence-corrected chi connectivity index (χ1v) is 11.8. The molecule has 1 aromatic heterocycles. The molecule has 28 heavy (non-hydrogen) atoms. The van der Waals surface area contributed by atoms with Gasteiger partial charge in [0.05, 0.1) is 6.04 Å². The van der Waals surface area contributed by atoms with Gasteiger partial charge in [-0.15, -0.1) is 11.3 Å². The quantitative estimate of drug-likeness (QED) is 0.751. The second kappa shape index (κ2) is 8.73. The van der Waals surface area contributed by atoms with E-state index in [-0.39, 0.29) is 18.0 Å². The van der Waals surface area contributed by atoms with Gasteiger partial charge in [-0.1, -0.05) is 18.2 Å². The fourth-order valence-corrected chi connectivity index (χ4v) is 5.69. The van der Waals surface area contributed by atoms with E-state index in [4.69, 9.17) is 0 Å². The number of amides is 1. The van der Waals surface area contributed by atoms with E-state index < -0.39 is 10.0 Å². The second-order valence-electron chi connectivity index (χ2n) is 7.35. The molecule has 0 saturated carbocycles. The number of carbonyl (C=O) groups is 1. The van der Waals surface area contributed by atoms with Crippen LogP contribution in [0.2, 0.25) is 0 Å². The van der Waals surface area contributed by atoms with Crippen molar-refractivity contribution in [3.63, 3.8) is 0 Å². The number of benzene rings is 1. The van der Waals surface area contributed by atoms with Gasteiger partial charge in [-0.2, -0.15) is 0 Å². The van der Waals surface area contributed by atoms with E-state index in [0.717, 1.165) is 16.8 Å². The van der Waals surface area contributed by atoms with Gasteiger partial charge in [0, 0.05) is 24.8 Å². The minimum atomic E-state index is -3.45. The number of sulfonamides is 1. The second-order valence-corrected chi connectivity index (χ2v) is 10.2. The highest BCUT2D eigenvalue weighted by Gasteiger charge is 2.29. The number of anilines is 1. The fraction of sp³-hybridized carbons (Fsp3) is 0.450. The Labute approximate surface area is 171 Å². The van der Waals surface area contributed by atoms with E-state index >= 15 is 0 Å². The van der Waals surface area contributed by atoms with Gasteiger partial charge < -0.3 is 5.32 Å². The van der Waals surface area contributed by atoms with Crippen LogP contribution in [0.3, 0.4) is 0 Å². The van der Waals surface area contributed by atoms with E-state index in [1.165, 1.54) is 11.3 Å². The number of rotatable bonds is 6. The lowest BCUT2D eigenvalue weighted by atomic mass is 10.0. The van der Waals surface area contributed by atoms with Crippen molar-refractivity contribution < 1.29 is 13.2 Å². The zero-order chi connectivity index (χ0) is 20.3. The molecule has 2 N–H and O–H groups in total. The summed E-state index contributed by atoms with van der Waals surface area (Å²) in [4.78, 5) is 14.8. The fourth-order valence-electron chi connectivity index (χ4n) is 3.37. The SMILES string of the molecule is Cc1ccc(C)c(NC(=O)C(C)N2CCC(NS(=O)(=O)c3cccs3)CC2)c1. The summed E-state index contributed by atoms with van der Waals surface area (Å²) in [5.74, 6) is -0.0358. The monoisotopic (exact) mass is 421 g/mol. The van der Waals surface area contributed by atoms with Crippen LogP contribution in [0.25, 0.3) is 0 Å². The zero-order valence-corrected chi connectivity index (χ0v) is 18.1. The molecule has 2 aromatic rings. The van der Waals surface area contributed by atoms with Crippen molar-refractivity contribution in [2.24, 2.45) is 0 Å². The third kappa shape index (κ3) is 5.00. The van der Waals surface area contributed by atoms with Crippen molar-refractivity contribution in [1.29, 1.82) is 0 Å². The lowest BCUT2D eigenvalue weighted by Crippen LogP contribution is -2.50. The van der Waals surface area contributed by atoms with Crippen LogP contribution in [0.4, 0.5) is 5.69 Å². The van der Waals surface area contributed by atoms with Crippen LogP contribution in [0.1, 0.15) is 30.9 Å². The van der Waals surface area contributed by atoms with Crippen LogP contribution < -0.4 is 10.0 Å². The molecule has 0 aliphatic carbocycles. The van der Waals surface area contributed by atoms with Crippen LogP contribution in [0.5, 0.6) is 0 Å². The molecular weight excluding hydrogens is 394 g/mol. The highest BCUT2D eigenvalue weighted by Crippen LogP contribution is 2.21. The Kier molecular flexibility index (Phi) is 6.54. The smallest absolute Gasteiger partial charge is 0.250 e. The van der Waals surface area contributed by atoms with E-state index in [2.05, 4.69) is 14.9 Å². The molecule has 1 amide bonds. The van der Waals surface area contributed by atoms with Crippen molar-refractivity contribution in [3.05, 3.63) is 46.8 Å². The first-order valence-electron chi connectivity index (χ1n) is 9.44. The summed E-state index contributed by atoms with van der Waals surface area (Å²) in [6.45, 7) is 7.24. The largest absolute Gasteiger partial charge is 0.324 e. The van der Waals surface area contributed by atoms with Gasteiger partial charge >= 0.3 is 0 Å². The number of aryl methyl sites for hydroxylation is 2. The molecule has 3 rings (SSSR count). The molecule has 6 nitrogen and oxygen atoms in total. The Balaban J connectivity index is 1.54. The topological polar surface area (TPSA) is 78.5 Å². The molecule has 1 atom stereocenters. The predicted molar refractivity (Wildman–Crippen MR) is 113 cm³/mol. The molecule has 1 saturated heterocycles. The van der Waals surface area contributed by atoms with Crippen molar-refractivity contribution >= 4 is 33.0 Å². The Bertz CT molecular complexity index is 918. The molecule has 0 bridgehead atoms. The summed E-state index contributed by atoms with van der Waals surface area (Å²) in [6.07, 6.45) is 1.37. The van der Waals surface area contributed by atoms with Gasteiger partial charge in [-0.05, 0) is 62.3 Å². The first kappa shape index (κ1) is 21.0. The minimum Gasteiger partial charge on any atom is -0.324 e. The Morgan fingerprint density at radius 2 is 1.93 bits per heavy atom. The number of likely N-dealkylation sites (tertiary alicyclic amines) is 1. The van der Waals surface area contributed by atoms with Gasteiger partial charge in [-0.3, -0.25) is 9.69 Å². The molecule has 0 spiro atoms. The van der Waals surface area contributed by atoms with E-state index in [9.17, 15) is 13.2 Å². The highest BCUT2D eigenvalue weighted by molar-refractivity contribution is 7.91. The lowest BCUT2D eigenvalue weighted by molar-refractivity contribution is -0.121. The van der Waals surface area contributed by atoms with Crippen LogP contribution in [-0.4, -0.2) is 44.4 Å². The maximum absolute atomic E-state index is 12.7. The van der Waals surface area contributed by atoms with Gasteiger partial charge in [0.2, 0.25) is 15.9 Å². The van der Waals surface area contributed by atoms with Gasteiger partial charge in [-0.25, -0.2) is 13.1 Å². The number of thiophene rings is 1. The summed E-state index contributed by atoms with van der Waals surface area (Å²) in [5, 5.41) is 4.78. The van der Waals surface area contributed by atoms with Crippen LogP contribution in [0.15, 0.2) is 39.9 Å². The number of nitrogens with one attached hydrogen (secondary N) is 2. The van der Waals surface area contributed by atoms with Gasteiger partial charge in [0.15, 0.2) is 0 Å². The van der Waals surface area contributed by atoms with Crippen molar-refractivity contribution in [1.82, 2.24) is 9.62 Å². The number of carbonyl (C=O) groups excluding carboxylic acids is 1. The van der Waals surface area contributed by atoms with Gasteiger partial charge in [0.25, 0.3) is 0 Å². The standard InChI is InChI=1S/C20H27N3O3S2/c1-14-6-7-15(2)18(13-14)21-20(24)16(3)23-10-8-17(9-11-23)22-28(25,26)19-5-4-12-27-19/h4-7,12-13,16-17,22H,8-11H2,1-3H3,(H,21,24). The van der Waals surface area contributed by atoms with Crippen molar-refractivity contribution in [2.45, 2.75) is 49.9 Å². The summed E-state index contributed by atoms with van der Waals surface area (Å²) >= 11 is 1.22. The van der Waals surface area contributed by atoms with Crippen LogP contribution in [0, 0.1) is 13.8 Å². The average Bonchev–Trinajstić information content (AvgIpc) is 3.20. The molecule has 1 aliphatic rings. The van der Waals surface area contributed by atoms with Crippen molar-refractivity contribution in [3.8, 4) is 0 Å². The van der Waals surface area contributed by atoms with E-state index in [1.807, 2.05) is 39.0 Å². The minimum absolute atomic E-state index is 0.0358. The lowest BCUT2D eigenvalue weighted by Gasteiger charge is -2.35. The third-order valence-electron chi connectivity index (χ3n) is 5.19. The molecule has 152 valence electrons. The molecule has 8 heteroatoms. The number of piperidine rings is 1. The first-order chi connectivity index (χ1) is 13.3. The number of nitrogens with zero attached hydrogens (tertiary/aromatic N) is 1. The summed E-state index contributed by atoms with van der Waals surface area (Å²) < 4.78 is 27.9. The van der Waals surface area contributed by atoms with Gasteiger partial charge in [0.1, 0.15) is 4.21 Å². The molecule has 0 radical (unpaired) electrons. The van der Waals surface area contributed by atoms with Crippen LogP contribution >= 0.6 is 11.3 Å². The number of hydrogen-bond donors (Lipinski definition) is 2. The zero-order valence-electron chi connectivity index (χ0n) is 16.4. The summed E-state index contributed by atoms with van der Waals surface area (Å²) in [7, 11) is -3.45. The predicted octanol–water partition coefficient (Wildman–Crippen LogP) is 3.13. The molecule has 1 aliphatic heterocycles. The van der Waals surface area contributed by atoms with Crippen molar-refractivity contribution in [2.75, 3.05) is 18.4 Å².